The van der Waals surface area contributed by atoms with E-state index < -0.39 is 0 Å². The van der Waals surface area contributed by atoms with Crippen molar-refractivity contribution in [2.75, 3.05) is 5.75 Å². The molecule has 1 unspecified atom stereocenters. The van der Waals surface area contributed by atoms with Crippen LogP contribution in [0, 0.1) is 5.92 Å². The van der Waals surface area contributed by atoms with Crippen molar-refractivity contribution in [3.05, 3.63) is 41.7 Å². The van der Waals surface area contributed by atoms with Crippen LogP contribution >= 0.6 is 11.8 Å². The highest BCUT2D eigenvalue weighted by Crippen LogP contribution is 2.23. The molecule has 0 aliphatic heterocycles. The van der Waals surface area contributed by atoms with Gasteiger partial charge in [-0.25, -0.2) is 0 Å². The monoisotopic (exact) mass is 360 g/mol. The van der Waals surface area contributed by atoms with E-state index in [9.17, 15) is 4.79 Å². The first-order chi connectivity index (χ1) is 11.9. The first kappa shape index (κ1) is 19.5. The molecule has 25 heavy (non-hydrogen) atoms. The lowest BCUT2D eigenvalue weighted by atomic mass is 9.97. The molecule has 136 valence electrons. The molecule has 1 aromatic heterocycles. The number of nitrogens with one attached hydrogen (secondary N) is 1. The number of thioether (sulfide) groups is 1. The first-order valence-electron chi connectivity index (χ1n) is 8.74. The largest absolute Gasteiger partial charge is 0.349 e. The van der Waals surface area contributed by atoms with Crippen molar-refractivity contribution in [3.8, 4) is 0 Å². The van der Waals surface area contributed by atoms with Crippen molar-refractivity contribution >= 4 is 17.7 Å². The van der Waals surface area contributed by atoms with E-state index in [2.05, 4.69) is 55.3 Å². The van der Waals surface area contributed by atoms with Gasteiger partial charge in [-0.05, 0) is 17.9 Å². The Morgan fingerprint density at radius 3 is 2.40 bits per heavy atom. The average molecular weight is 361 g/mol. The van der Waals surface area contributed by atoms with E-state index in [4.69, 9.17) is 0 Å². The molecule has 0 spiro atoms. The Balaban J connectivity index is 1.97. The minimum Gasteiger partial charge on any atom is -0.349 e. The number of carbonyl (C=O) groups is 1. The minimum absolute atomic E-state index is 0.0219. The van der Waals surface area contributed by atoms with Gasteiger partial charge in [-0.15, -0.1) is 10.2 Å². The molecule has 1 amide bonds. The van der Waals surface area contributed by atoms with Crippen LogP contribution in [0.4, 0.5) is 0 Å². The second-order valence-corrected chi connectivity index (χ2v) is 7.95. The van der Waals surface area contributed by atoms with Gasteiger partial charge >= 0.3 is 0 Å². The maximum atomic E-state index is 12.4. The number of hydrogen-bond donors (Lipinski definition) is 1. The van der Waals surface area contributed by atoms with E-state index in [-0.39, 0.29) is 11.9 Å². The zero-order valence-electron chi connectivity index (χ0n) is 15.7. The molecule has 2 rings (SSSR count). The summed E-state index contributed by atoms with van der Waals surface area (Å²) in [6.07, 6.45) is 0.919. The van der Waals surface area contributed by atoms with Crippen LogP contribution in [-0.2, 0) is 11.8 Å². The summed E-state index contributed by atoms with van der Waals surface area (Å²) in [7, 11) is 1.95. The lowest BCUT2D eigenvalue weighted by Crippen LogP contribution is -2.31. The molecule has 0 fully saturated rings. The van der Waals surface area contributed by atoms with E-state index in [1.54, 1.807) is 0 Å². The maximum absolute atomic E-state index is 12.4. The number of hydrogen-bond acceptors (Lipinski definition) is 4. The molecule has 6 heteroatoms. The molecule has 0 aliphatic rings. The second kappa shape index (κ2) is 9.04. The SMILES string of the molecule is CC(C)CC(NC(=O)CSc1nnc(C(C)C)n1C)c1ccccc1. The third kappa shape index (κ3) is 5.59. The van der Waals surface area contributed by atoms with E-state index in [0.29, 0.717) is 17.6 Å². The van der Waals surface area contributed by atoms with Crippen LogP contribution in [0.25, 0.3) is 0 Å². The zero-order valence-corrected chi connectivity index (χ0v) is 16.5. The number of aromatic nitrogens is 3. The molecule has 2 aromatic rings. The van der Waals surface area contributed by atoms with Crippen LogP contribution in [0.1, 0.15) is 57.5 Å². The Kier molecular flexibility index (Phi) is 7.05. The Hall–Kier alpha value is -1.82. The minimum atomic E-state index is 0.0219. The molecule has 1 aromatic carbocycles. The van der Waals surface area contributed by atoms with Gasteiger partial charge in [0, 0.05) is 13.0 Å². The third-order valence-electron chi connectivity index (χ3n) is 3.96. The molecular weight excluding hydrogens is 332 g/mol. The van der Waals surface area contributed by atoms with Crippen LogP contribution in [0.3, 0.4) is 0 Å². The van der Waals surface area contributed by atoms with E-state index in [0.717, 1.165) is 23.0 Å². The van der Waals surface area contributed by atoms with Gasteiger partial charge in [0.25, 0.3) is 0 Å². The van der Waals surface area contributed by atoms with E-state index >= 15 is 0 Å². The number of amides is 1. The summed E-state index contributed by atoms with van der Waals surface area (Å²) in [5.41, 5.74) is 1.15. The molecule has 0 aliphatic carbocycles. The van der Waals surface area contributed by atoms with Gasteiger partial charge < -0.3 is 9.88 Å². The number of rotatable bonds is 8. The third-order valence-corrected chi connectivity index (χ3v) is 4.98. The maximum Gasteiger partial charge on any atom is 0.230 e. The summed E-state index contributed by atoms with van der Waals surface area (Å²) in [6.45, 7) is 8.51. The summed E-state index contributed by atoms with van der Waals surface area (Å²) in [6, 6.07) is 10.2. The molecule has 0 saturated heterocycles. The normalized spacial score (nSPS) is 12.6. The highest BCUT2D eigenvalue weighted by Gasteiger charge is 2.18. The van der Waals surface area contributed by atoms with Crippen molar-refractivity contribution in [3.63, 3.8) is 0 Å². The summed E-state index contributed by atoms with van der Waals surface area (Å²) in [4.78, 5) is 12.4. The molecular formula is C19H28N4OS. The van der Waals surface area contributed by atoms with Crippen molar-refractivity contribution < 1.29 is 4.79 Å². The van der Waals surface area contributed by atoms with Crippen LogP contribution in [0.5, 0.6) is 0 Å². The fourth-order valence-corrected chi connectivity index (χ4v) is 3.49. The predicted molar refractivity (Wildman–Crippen MR) is 103 cm³/mol. The van der Waals surface area contributed by atoms with Gasteiger partial charge in [-0.1, -0.05) is 69.8 Å². The number of nitrogens with zero attached hydrogens (tertiary/aromatic N) is 3. The van der Waals surface area contributed by atoms with Gasteiger partial charge in [-0.3, -0.25) is 4.79 Å². The molecule has 1 N–H and O–H groups in total. The topological polar surface area (TPSA) is 59.8 Å². The summed E-state index contributed by atoms with van der Waals surface area (Å²) in [5.74, 6) is 2.11. The standard InChI is InChI=1S/C19H28N4OS/c1-13(2)11-16(15-9-7-6-8-10-15)20-17(24)12-25-19-22-21-18(14(3)4)23(19)5/h6-10,13-14,16H,11-12H2,1-5H3,(H,20,24). The van der Waals surface area contributed by atoms with Gasteiger partial charge in [-0.2, -0.15) is 0 Å². The smallest absolute Gasteiger partial charge is 0.230 e. The fourth-order valence-electron chi connectivity index (χ4n) is 2.76. The zero-order chi connectivity index (χ0) is 18.4. The van der Waals surface area contributed by atoms with Crippen LogP contribution in [-0.4, -0.2) is 26.4 Å². The Labute approximate surface area is 154 Å². The molecule has 1 heterocycles. The Bertz CT molecular complexity index is 682. The van der Waals surface area contributed by atoms with Crippen molar-refractivity contribution in [2.24, 2.45) is 13.0 Å². The molecule has 0 radical (unpaired) electrons. The first-order valence-corrected chi connectivity index (χ1v) is 9.73. The van der Waals surface area contributed by atoms with Gasteiger partial charge in [0.15, 0.2) is 5.16 Å². The van der Waals surface area contributed by atoms with E-state index in [1.165, 1.54) is 11.8 Å². The summed E-state index contributed by atoms with van der Waals surface area (Å²) in [5, 5.41) is 12.3. The second-order valence-electron chi connectivity index (χ2n) is 7.00. The van der Waals surface area contributed by atoms with Gasteiger partial charge in [0.1, 0.15) is 5.82 Å². The Morgan fingerprint density at radius 2 is 1.84 bits per heavy atom. The molecule has 0 saturated carbocycles. The average Bonchev–Trinajstić information content (AvgIpc) is 2.94. The molecule has 5 nitrogen and oxygen atoms in total. The highest BCUT2D eigenvalue weighted by atomic mass is 32.2. The van der Waals surface area contributed by atoms with Gasteiger partial charge in [0.05, 0.1) is 11.8 Å². The van der Waals surface area contributed by atoms with E-state index in [1.807, 2.05) is 29.8 Å². The summed E-state index contributed by atoms with van der Waals surface area (Å²) < 4.78 is 1.96. The van der Waals surface area contributed by atoms with Crippen molar-refractivity contribution in [1.29, 1.82) is 0 Å². The summed E-state index contributed by atoms with van der Waals surface area (Å²) >= 11 is 1.43. The van der Waals surface area contributed by atoms with Crippen LogP contribution < -0.4 is 5.32 Å². The molecule has 0 bridgehead atoms. The highest BCUT2D eigenvalue weighted by molar-refractivity contribution is 7.99. The predicted octanol–water partition coefficient (Wildman–Crippen LogP) is 3.93. The van der Waals surface area contributed by atoms with Crippen molar-refractivity contribution in [2.45, 2.75) is 51.2 Å². The fraction of sp³-hybridized carbons (Fsp3) is 0.526. The quantitative estimate of drug-likeness (QED) is 0.725. The van der Waals surface area contributed by atoms with Crippen LogP contribution in [0.15, 0.2) is 35.5 Å². The van der Waals surface area contributed by atoms with Crippen LogP contribution in [0.2, 0.25) is 0 Å². The lowest BCUT2D eigenvalue weighted by Gasteiger charge is -2.21. The number of carbonyl (C=O) groups excluding carboxylic acids is 1. The van der Waals surface area contributed by atoms with Crippen molar-refractivity contribution in [1.82, 2.24) is 20.1 Å². The number of benzene rings is 1. The molecule has 1 atom stereocenters. The van der Waals surface area contributed by atoms with Gasteiger partial charge in [0.2, 0.25) is 5.91 Å². The Morgan fingerprint density at radius 1 is 1.16 bits per heavy atom. The lowest BCUT2D eigenvalue weighted by molar-refractivity contribution is -0.119.